The summed E-state index contributed by atoms with van der Waals surface area (Å²) >= 11 is 6.08. The molecule has 7 nitrogen and oxygen atoms in total. The molecule has 1 amide bonds. The normalized spacial score (nSPS) is 17.4. The largest absolute Gasteiger partial charge is 0.455 e. The molecule has 2 N–H and O–H groups in total. The number of sulfonamides is 1. The van der Waals surface area contributed by atoms with Crippen LogP contribution in [-0.2, 0) is 16.6 Å². The highest BCUT2D eigenvalue weighted by atomic mass is 35.5. The average Bonchev–Trinajstić information content (AvgIpc) is 3.08. The van der Waals surface area contributed by atoms with Crippen LogP contribution in [0.15, 0.2) is 40.8 Å². The molecule has 1 aliphatic rings. The van der Waals surface area contributed by atoms with Gasteiger partial charge in [-0.25, -0.2) is 13.1 Å². The first-order valence-corrected chi connectivity index (χ1v) is 10.4. The molecule has 0 aliphatic carbocycles. The third-order valence-electron chi connectivity index (χ3n) is 4.12. The van der Waals surface area contributed by atoms with Crippen molar-refractivity contribution >= 4 is 39.9 Å². The lowest BCUT2D eigenvalue weighted by Crippen LogP contribution is -2.48. The summed E-state index contributed by atoms with van der Waals surface area (Å²) in [6.45, 7) is 1.85. The molecule has 0 radical (unpaired) electrons. The Balaban J connectivity index is 0.00000261. The lowest BCUT2D eigenvalue weighted by atomic mass is 10.0. The molecule has 1 aliphatic heterocycles. The summed E-state index contributed by atoms with van der Waals surface area (Å²) in [6, 6.07) is 10.5. The van der Waals surface area contributed by atoms with Crippen molar-refractivity contribution in [3.8, 4) is 0 Å². The highest BCUT2D eigenvalue weighted by Gasteiger charge is 2.30. The van der Waals surface area contributed by atoms with E-state index in [1.807, 2.05) is 18.2 Å². The van der Waals surface area contributed by atoms with Gasteiger partial charge in [-0.2, -0.15) is 0 Å². The number of nitrogens with one attached hydrogen (secondary N) is 2. The van der Waals surface area contributed by atoms with Gasteiger partial charge in [-0.3, -0.25) is 4.79 Å². The number of hydrogen-bond donors (Lipinski definition) is 2. The third kappa shape index (κ3) is 5.70. The zero-order chi connectivity index (χ0) is 18.7. The minimum atomic E-state index is -3.33. The van der Waals surface area contributed by atoms with E-state index in [9.17, 15) is 13.2 Å². The van der Waals surface area contributed by atoms with Crippen LogP contribution in [-0.4, -0.2) is 45.1 Å². The summed E-state index contributed by atoms with van der Waals surface area (Å²) in [5, 5.41) is 3.91. The molecule has 3 rings (SSSR count). The topological polar surface area (TPSA) is 91.7 Å². The Hall–Kier alpha value is -1.58. The molecular weight excluding hydrogens is 413 g/mol. The second-order valence-corrected chi connectivity index (χ2v) is 8.40. The SMILES string of the molecule is CS(=O)(=O)NCc1ccc(C(=O)N2CCNCC2c2cccc(Cl)c2)o1.Cl. The third-order valence-corrected chi connectivity index (χ3v) is 5.02. The van der Waals surface area contributed by atoms with Crippen LogP contribution in [0.5, 0.6) is 0 Å². The van der Waals surface area contributed by atoms with E-state index in [2.05, 4.69) is 10.0 Å². The summed E-state index contributed by atoms with van der Waals surface area (Å²) < 4.78 is 30.2. The maximum atomic E-state index is 12.9. The molecule has 2 heterocycles. The zero-order valence-corrected chi connectivity index (χ0v) is 17.0. The minimum absolute atomic E-state index is 0. The van der Waals surface area contributed by atoms with Gasteiger partial charge in [-0.15, -0.1) is 12.4 Å². The average molecular weight is 434 g/mol. The van der Waals surface area contributed by atoms with Gasteiger partial charge in [0.2, 0.25) is 10.0 Å². The van der Waals surface area contributed by atoms with Gasteiger partial charge in [-0.1, -0.05) is 23.7 Å². The molecule has 0 saturated carbocycles. The van der Waals surface area contributed by atoms with E-state index in [0.717, 1.165) is 11.8 Å². The quantitative estimate of drug-likeness (QED) is 0.753. The van der Waals surface area contributed by atoms with Crippen molar-refractivity contribution in [1.82, 2.24) is 14.9 Å². The van der Waals surface area contributed by atoms with Crippen molar-refractivity contribution in [2.75, 3.05) is 25.9 Å². The first-order valence-electron chi connectivity index (χ1n) is 8.14. The number of nitrogens with zero attached hydrogens (tertiary/aromatic N) is 1. The summed E-state index contributed by atoms with van der Waals surface area (Å²) in [5.41, 5.74) is 0.948. The van der Waals surface area contributed by atoms with Gasteiger partial charge in [0.25, 0.3) is 5.91 Å². The molecule has 1 fully saturated rings. The van der Waals surface area contributed by atoms with Crippen molar-refractivity contribution in [2.45, 2.75) is 12.6 Å². The number of carbonyl (C=O) groups excluding carboxylic acids is 1. The van der Waals surface area contributed by atoms with Crippen LogP contribution in [0.4, 0.5) is 0 Å². The molecular formula is C17H21Cl2N3O4S. The van der Waals surface area contributed by atoms with Gasteiger partial charge >= 0.3 is 0 Å². The fraction of sp³-hybridized carbons (Fsp3) is 0.353. The first kappa shape index (κ1) is 21.7. The van der Waals surface area contributed by atoms with Crippen molar-refractivity contribution in [1.29, 1.82) is 0 Å². The van der Waals surface area contributed by atoms with Gasteiger partial charge in [-0.05, 0) is 29.8 Å². The fourth-order valence-electron chi connectivity index (χ4n) is 2.89. The lowest BCUT2D eigenvalue weighted by Gasteiger charge is -2.36. The summed E-state index contributed by atoms with van der Waals surface area (Å²) in [4.78, 5) is 14.7. The van der Waals surface area contributed by atoms with E-state index in [-0.39, 0.29) is 36.7 Å². The molecule has 1 aromatic carbocycles. The minimum Gasteiger partial charge on any atom is -0.455 e. The Morgan fingerprint density at radius 2 is 2.15 bits per heavy atom. The van der Waals surface area contributed by atoms with E-state index < -0.39 is 10.0 Å². The standard InChI is InChI=1S/C17H20ClN3O4S.ClH/c1-26(23,24)20-10-14-5-6-16(25-14)17(22)21-8-7-19-11-15(21)12-3-2-4-13(18)9-12;/h2-6,9,15,19-20H,7-8,10-11H2,1H3;1H. The number of benzene rings is 1. The molecule has 1 atom stereocenters. The predicted octanol–water partition coefficient (Wildman–Crippen LogP) is 2.19. The van der Waals surface area contributed by atoms with Crippen LogP contribution in [0, 0.1) is 0 Å². The summed E-state index contributed by atoms with van der Waals surface area (Å²) in [5.74, 6) is 0.333. The van der Waals surface area contributed by atoms with E-state index in [1.54, 1.807) is 23.1 Å². The predicted molar refractivity (Wildman–Crippen MR) is 106 cm³/mol. The summed E-state index contributed by atoms with van der Waals surface area (Å²) in [7, 11) is -3.33. The van der Waals surface area contributed by atoms with Crippen molar-refractivity contribution < 1.29 is 17.6 Å². The van der Waals surface area contributed by atoms with Gasteiger partial charge in [0.1, 0.15) is 5.76 Å². The smallest absolute Gasteiger partial charge is 0.290 e. The van der Waals surface area contributed by atoms with E-state index in [0.29, 0.717) is 30.4 Å². The highest BCUT2D eigenvalue weighted by molar-refractivity contribution is 7.88. The first-order chi connectivity index (χ1) is 12.3. The molecule has 0 spiro atoms. The number of carbonyl (C=O) groups is 1. The van der Waals surface area contributed by atoms with Crippen LogP contribution in [0.3, 0.4) is 0 Å². The van der Waals surface area contributed by atoms with Crippen LogP contribution < -0.4 is 10.0 Å². The Bertz CT molecular complexity index is 901. The molecule has 1 saturated heterocycles. The molecule has 10 heteroatoms. The molecule has 1 unspecified atom stereocenters. The van der Waals surface area contributed by atoms with E-state index >= 15 is 0 Å². The van der Waals surface area contributed by atoms with Gasteiger partial charge < -0.3 is 14.6 Å². The van der Waals surface area contributed by atoms with Crippen LogP contribution in [0.1, 0.15) is 27.9 Å². The molecule has 1 aromatic heterocycles. The fourth-order valence-corrected chi connectivity index (χ4v) is 3.49. The Morgan fingerprint density at radius 3 is 2.85 bits per heavy atom. The molecule has 2 aromatic rings. The van der Waals surface area contributed by atoms with Crippen LogP contribution in [0.2, 0.25) is 5.02 Å². The number of piperazine rings is 1. The zero-order valence-electron chi connectivity index (χ0n) is 14.6. The van der Waals surface area contributed by atoms with Gasteiger partial charge in [0.05, 0.1) is 18.8 Å². The second kappa shape index (κ2) is 9.07. The maximum absolute atomic E-state index is 12.9. The monoisotopic (exact) mass is 433 g/mol. The Morgan fingerprint density at radius 1 is 1.37 bits per heavy atom. The number of furan rings is 1. The number of amides is 1. The van der Waals surface area contributed by atoms with Crippen LogP contribution in [0.25, 0.3) is 0 Å². The molecule has 148 valence electrons. The van der Waals surface area contributed by atoms with Crippen molar-refractivity contribution in [3.05, 3.63) is 58.5 Å². The van der Waals surface area contributed by atoms with Crippen molar-refractivity contribution in [2.24, 2.45) is 0 Å². The molecule has 0 bridgehead atoms. The highest BCUT2D eigenvalue weighted by Crippen LogP contribution is 2.26. The van der Waals surface area contributed by atoms with Gasteiger partial charge in [0, 0.05) is 24.7 Å². The Kier molecular flexibility index (Phi) is 7.30. The molecule has 27 heavy (non-hydrogen) atoms. The summed E-state index contributed by atoms with van der Waals surface area (Å²) in [6.07, 6.45) is 1.07. The second-order valence-electron chi connectivity index (χ2n) is 6.13. The maximum Gasteiger partial charge on any atom is 0.290 e. The van der Waals surface area contributed by atoms with E-state index in [1.165, 1.54) is 0 Å². The number of hydrogen-bond acceptors (Lipinski definition) is 5. The van der Waals surface area contributed by atoms with E-state index in [4.69, 9.17) is 16.0 Å². The van der Waals surface area contributed by atoms with Gasteiger partial charge in [0.15, 0.2) is 5.76 Å². The van der Waals surface area contributed by atoms with Crippen molar-refractivity contribution in [3.63, 3.8) is 0 Å². The van der Waals surface area contributed by atoms with Crippen LogP contribution >= 0.6 is 24.0 Å². The number of rotatable bonds is 5. The Labute approximate surface area is 169 Å². The lowest BCUT2D eigenvalue weighted by molar-refractivity contribution is 0.0600. The number of halogens is 2.